The van der Waals surface area contributed by atoms with E-state index >= 15 is 0 Å². The highest BCUT2D eigenvalue weighted by Gasteiger charge is 2.22. The highest BCUT2D eigenvalue weighted by Crippen LogP contribution is 2.06. The molecule has 0 spiro atoms. The molecular weight excluding hydrogens is 1320 g/mol. The van der Waals surface area contributed by atoms with Gasteiger partial charge in [-0.1, -0.05) is 20.8 Å². The molecule has 0 aromatic heterocycles. The summed E-state index contributed by atoms with van der Waals surface area (Å²) in [6.07, 6.45) is 1.54. The molecule has 0 aromatic rings. The van der Waals surface area contributed by atoms with Gasteiger partial charge in [0.05, 0.1) is 258 Å². The second-order valence-electron chi connectivity index (χ2n) is 22.3. The van der Waals surface area contributed by atoms with Crippen molar-refractivity contribution in [2.24, 2.45) is 11.7 Å². The van der Waals surface area contributed by atoms with E-state index in [2.05, 4.69) is 29.8 Å². The third-order valence-corrected chi connectivity index (χ3v) is 13.4. The molecule has 0 saturated heterocycles. The lowest BCUT2D eigenvalue weighted by Crippen LogP contribution is -2.45. The lowest BCUT2D eigenvalue weighted by Gasteiger charge is -2.15. The Morgan fingerprint density at radius 2 is 0.570 bits per heavy atom. The Morgan fingerprint density at radius 1 is 0.290 bits per heavy atom. The van der Waals surface area contributed by atoms with Crippen LogP contribution in [0.25, 0.3) is 0 Å². The Kier molecular flexibility index (Phi) is 72.3. The minimum Gasteiger partial charge on any atom is -0.480 e. The Bertz CT molecular complexity index is 1950. The average molecular weight is 1450 g/mol. The van der Waals surface area contributed by atoms with E-state index in [-0.39, 0.29) is 89.3 Å². The minimum atomic E-state index is -1.27. The summed E-state index contributed by atoms with van der Waals surface area (Å²) in [5.74, 6) is -3.69. The fraction of sp³-hybridized carbons (Fsp3) is 0.881. The zero-order valence-corrected chi connectivity index (χ0v) is 60.2. The molecule has 0 aliphatic heterocycles. The Labute approximate surface area is 591 Å². The van der Waals surface area contributed by atoms with Crippen LogP contribution in [0.1, 0.15) is 97.8 Å². The maximum absolute atomic E-state index is 12.4. The predicted octanol–water partition coefficient (Wildman–Crippen LogP) is 1.04. The molecule has 0 bridgehead atoms. The van der Waals surface area contributed by atoms with Crippen LogP contribution < -0.4 is 21.7 Å². The number of hydrogen-bond donors (Lipinski definition) is 5. The van der Waals surface area contributed by atoms with Gasteiger partial charge in [0.2, 0.25) is 23.6 Å². The second-order valence-corrected chi connectivity index (χ2v) is 22.3. The van der Waals surface area contributed by atoms with Gasteiger partial charge in [0.25, 0.3) is 0 Å². The standard InChI is InChI=1S/C67H124N4O29/c1-4-63(75)71-62(67(79)80)11-7-59(73)9-12-64(76)69-56-60(74)8-10-61(66(68)78)70-65(77)15-19-84-23-27-88-31-35-92-39-43-96-45-44-93-40-36-89-32-28-85-24-20-81-16-5-6-58(72)14-18-83-22-26-87-30-34-91-38-42-95-47-49-98-51-53-100-55-54-99-52-50-97-48-46-94-41-37-90-33-29-86-25-21-82-17-13-57(2)3/h57,61-62H,4-56H2,1-3H3,(H2,68,78)(H,69,76)(H,70,77)(H,71,75)(H,79,80). The summed E-state index contributed by atoms with van der Waals surface area (Å²) in [6.45, 7) is 23.1. The molecule has 0 aromatic carbocycles. The van der Waals surface area contributed by atoms with Crippen molar-refractivity contribution in [3.05, 3.63) is 0 Å². The number of carboxylic acid groups (broad SMARTS) is 1. The van der Waals surface area contributed by atoms with Crippen molar-refractivity contribution in [2.45, 2.75) is 110 Å². The van der Waals surface area contributed by atoms with E-state index in [0.717, 1.165) is 13.0 Å². The van der Waals surface area contributed by atoms with Gasteiger partial charge in [-0.3, -0.25) is 33.6 Å². The van der Waals surface area contributed by atoms with Gasteiger partial charge in [-0.25, -0.2) is 4.79 Å². The molecule has 2 unspecified atom stereocenters. The SMILES string of the molecule is CCC(=O)NC(CCC(=O)CCC(=O)NCC(=O)CCC(NC(=O)CCOCCOCCOCCOCCOCCOCCOCCOCCCC(=O)CCOCCOCCOCCOCCOCCOCCOCCOCCOCCOCCOCCOCCC(C)C)C(N)=O)C(=O)O. The number of carbonyl (C=O) groups excluding carboxylic acids is 7. The fourth-order valence-electron chi connectivity index (χ4n) is 7.80. The maximum Gasteiger partial charge on any atom is 0.326 e. The first-order valence-electron chi connectivity index (χ1n) is 35.2. The van der Waals surface area contributed by atoms with Crippen LogP contribution in [0.5, 0.6) is 0 Å². The molecule has 4 amide bonds. The molecular formula is C67H124N4O29. The topological polar surface area (TPSA) is 404 Å². The summed E-state index contributed by atoms with van der Waals surface area (Å²) in [4.78, 5) is 95.8. The number of rotatable bonds is 83. The van der Waals surface area contributed by atoms with Crippen molar-refractivity contribution in [1.29, 1.82) is 0 Å². The summed E-state index contributed by atoms with van der Waals surface area (Å²) in [6, 6.07) is -2.34. The molecule has 100 heavy (non-hydrogen) atoms. The van der Waals surface area contributed by atoms with E-state index in [0.29, 0.717) is 263 Å². The Hall–Kier alpha value is -4.44. The van der Waals surface area contributed by atoms with Gasteiger partial charge in [-0.15, -0.1) is 0 Å². The van der Waals surface area contributed by atoms with Crippen LogP contribution >= 0.6 is 0 Å². The number of carboxylic acids is 1. The molecule has 0 heterocycles. The van der Waals surface area contributed by atoms with Crippen molar-refractivity contribution >= 4 is 46.9 Å². The van der Waals surface area contributed by atoms with Gasteiger partial charge in [0, 0.05) is 64.6 Å². The van der Waals surface area contributed by atoms with E-state index in [9.17, 15) is 43.5 Å². The maximum atomic E-state index is 12.4. The largest absolute Gasteiger partial charge is 0.480 e. The first kappa shape index (κ1) is 95.6. The number of amides is 4. The van der Waals surface area contributed by atoms with E-state index in [4.69, 9.17) is 100 Å². The molecule has 33 nitrogen and oxygen atoms in total. The third kappa shape index (κ3) is 73.3. The van der Waals surface area contributed by atoms with Crippen molar-refractivity contribution in [1.82, 2.24) is 16.0 Å². The van der Waals surface area contributed by atoms with Crippen LogP contribution in [0.3, 0.4) is 0 Å². The van der Waals surface area contributed by atoms with E-state index in [1.54, 1.807) is 6.92 Å². The van der Waals surface area contributed by atoms with E-state index < -0.39 is 47.5 Å². The molecule has 0 fully saturated rings. The fourth-order valence-corrected chi connectivity index (χ4v) is 7.80. The predicted molar refractivity (Wildman–Crippen MR) is 361 cm³/mol. The summed E-state index contributed by atoms with van der Waals surface area (Å²) < 4.78 is 110. The molecule has 0 aliphatic carbocycles. The van der Waals surface area contributed by atoms with Crippen molar-refractivity contribution in [3.63, 3.8) is 0 Å². The number of ether oxygens (including phenoxy) is 20. The number of carbonyl (C=O) groups is 8. The van der Waals surface area contributed by atoms with Crippen LogP contribution in [-0.4, -0.2) is 335 Å². The van der Waals surface area contributed by atoms with Gasteiger partial charge in [-0.05, 0) is 31.6 Å². The van der Waals surface area contributed by atoms with E-state index in [1.165, 1.54) is 0 Å². The smallest absolute Gasteiger partial charge is 0.326 e. The Morgan fingerprint density at radius 3 is 0.890 bits per heavy atom. The number of ketones is 3. The molecule has 33 heteroatoms. The molecule has 0 rings (SSSR count). The van der Waals surface area contributed by atoms with Crippen molar-refractivity contribution < 1.29 is 138 Å². The van der Waals surface area contributed by atoms with Gasteiger partial charge in [0.1, 0.15) is 23.7 Å². The lowest BCUT2D eigenvalue weighted by molar-refractivity contribution is -0.142. The van der Waals surface area contributed by atoms with Crippen LogP contribution in [0, 0.1) is 5.92 Å². The first-order valence-corrected chi connectivity index (χ1v) is 35.2. The Balaban J connectivity index is 3.39. The van der Waals surface area contributed by atoms with E-state index in [1.807, 2.05) is 0 Å². The zero-order chi connectivity index (χ0) is 73.1. The molecule has 586 valence electrons. The van der Waals surface area contributed by atoms with Crippen molar-refractivity contribution in [3.8, 4) is 0 Å². The average Bonchev–Trinajstić information content (AvgIpc) is 2.03. The van der Waals surface area contributed by atoms with Crippen LogP contribution in [0.15, 0.2) is 0 Å². The number of nitrogens with two attached hydrogens (primary N) is 1. The van der Waals surface area contributed by atoms with Crippen LogP contribution in [0.4, 0.5) is 0 Å². The number of Topliss-reactive ketones (excluding diaryl/α,β-unsaturated/α-hetero) is 3. The second kappa shape index (κ2) is 75.7. The minimum absolute atomic E-state index is 0.0484. The molecule has 2 atom stereocenters. The molecule has 0 saturated carbocycles. The normalized spacial score (nSPS) is 12.1. The lowest BCUT2D eigenvalue weighted by atomic mass is 10.1. The first-order chi connectivity index (χ1) is 48.7. The van der Waals surface area contributed by atoms with Gasteiger partial charge < -0.3 is 122 Å². The number of hydrogen-bond acceptors (Lipinski definition) is 28. The zero-order valence-electron chi connectivity index (χ0n) is 60.2. The van der Waals surface area contributed by atoms with Gasteiger partial charge in [0.15, 0.2) is 5.78 Å². The third-order valence-electron chi connectivity index (χ3n) is 13.4. The quantitative estimate of drug-likeness (QED) is 0.0531. The van der Waals surface area contributed by atoms with Crippen LogP contribution in [-0.2, 0) is 133 Å². The summed E-state index contributed by atoms with van der Waals surface area (Å²) in [7, 11) is 0. The highest BCUT2D eigenvalue weighted by atomic mass is 16.6. The molecule has 0 aliphatic rings. The monoisotopic (exact) mass is 1450 g/mol. The van der Waals surface area contributed by atoms with Crippen molar-refractivity contribution in [2.75, 3.05) is 271 Å². The number of aliphatic carboxylic acids is 1. The number of primary amides is 1. The van der Waals surface area contributed by atoms with Gasteiger partial charge >= 0.3 is 5.97 Å². The summed E-state index contributed by atoms with van der Waals surface area (Å²) in [5, 5.41) is 16.4. The molecule has 0 radical (unpaired) electrons. The molecule has 6 N–H and O–H groups in total. The van der Waals surface area contributed by atoms with Gasteiger partial charge in [-0.2, -0.15) is 0 Å². The summed E-state index contributed by atoms with van der Waals surface area (Å²) in [5.41, 5.74) is 5.40. The number of nitrogens with one attached hydrogen (secondary N) is 3. The highest BCUT2D eigenvalue weighted by molar-refractivity contribution is 5.90. The van der Waals surface area contributed by atoms with Crippen LogP contribution in [0.2, 0.25) is 0 Å². The summed E-state index contributed by atoms with van der Waals surface area (Å²) >= 11 is 0.